The number of rotatable bonds is 2. The lowest BCUT2D eigenvalue weighted by atomic mass is 9.88. The molecule has 0 saturated carbocycles. The normalized spacial score (nSPS) is 12.5. The van der Waals surface area contributed by atoms with E-state index in [-0.39, 0.29) is 0 Å². The Morgan fingerprint density at radius 1 is 0.895 bits per heavy atom. The minimum atomic E-state index is -0.601. The fourth-order valence-electron chi connectivity index (χ4n) is 2.47. The molecule has 100 valence electrons. The van der Waals surface area contributed by atoms with Crippen molar-refractivity contribution in [3.8, 4) is 0 Å². The van der Waals surface area contributed by atoms with Crippen molar-refractivity contribution in [1.29, 1.82) is 0 Å². The van der Waals surface area contributed by atoms with E-state index in [0.717, 1.165) is 22.3 Å². The summed E-state index contributed by atoms with van der Waals surface area (Å²) in [4.78, 5) is 0. The van der Waals surface area contributed by atoms with E-state index in [1.807, 2.05) is 24.3 Å². The zero-order valence-corrected chi connectivity index (χ0v) is 12.5. The average molecular weight is 275 g/mol. The summed E-state index contributed by atoms with van der Waals surface area (Å²) < 4.78 is 0. The maximum absolute atomic E-state index is 10.7. The maximum Gasteiger partial charge on any atom is 0.105 e. The molecular weight excluding hydrogens is 256 g/mol. The molecule has 0 amide bonds. The van der Waals surface area contributed by atoms with Gasteiger partial charge in [-0.25, -0.2) is 0 Å². The number of aliphatic hydroxyl groups is 1. The van der Waals surface area contributed by atoms with E-state index >= 15 is 0 Å². The van der Waals surface area contributed by atoms with E-state index in [9.17, 15) is 5.11 Å². The highest BCUT2D eigenvalue weighted by atomic mass is 35.5. The summed E-state index contributed by atoms with van der Waals surface area (Å²) >= 11 is 5.89. The van der Waals surface area contributed by atoms with E-state index in [1.54, 1.807) is 0 Å². The number of benzene rings is 2. The van der Waals surface area contributed by atoms with Gasteiger partial charge in [0.1, 0.15) is 6.10 Å². The molecule has 0 fully saturated rings. The van der Waals surface area contributed by atoms with Gasteiger partial charge in [0.05, 0.1) is 0 Å². The Hall–Kier alpha value is -1.31. The number of halogens is 1. The van der Waals surface area contributed by atoms with E-state index in [1.165, 1.54) is 11.1 Å². The summed E-state index contributed by atoms with van der Waals surface area (Å²) in [5.74, 6) is 0. The predicted octanol–water partition coefficient (Wildman–Crippen LogP) is 4.66. The summed E-state index contributed by atoms with van der Waals surface area (Å²) in [5.41, 5.74) is 6.63. The standard InChI is InChI=1S/C17H19ClO/c1-10-9-11(2)13(4)16(12(10)3)17(19)14-5-7-15(18)8-6-14/h5-9,17,19H,1-4H3. The second-order valence-corrected chi connectivity index (χ2v) is 5.56. The quantitative estimate of drug-likeness (QED) is 0.845. The maximum atomic E-state index is 10.7. The smallest absolute Gasteiger partial charge is 0.105 e. The molecule has 1 N–H and O–H groups in total. The van der Waals surface area contributed by atoms with Crippen LogP contribution >= 0.6 is 11.6 Å². The SMILES string of the molecule is Cc1cc(C)c(C)c(C(O)c2ccc(Cl)cc2)c1C. The van der Waals surface area contributed by atoms with Gasteiger partial charge in [-0.3, -0.25) is 0 Å². The fourth-order valence-corrected chi connectivity index (χ4v) is 2.60. The van der Waals surface area contributed by atoms with Gasteiger partial charge >= 0.3 is 0 Å². The summed E-state index contributed by atoms with van der Waals surface area (Å²) in [6.07, 6.45) is -0.601. The van der Waals surface area contributed by atoms with Crippen molar-refractivity contribution in [3.63, 3.8) is 0 Å². The topological polar surface area (TPSA) is 20.2 Å². The van der Waals surface area contributed by atoms with Crippen molar-refractivity contribution in [2.45, 2.75) is 33.8 Å². The highest BCUT2D eigenvalue weighted by Crippen LogP contribution is 2.31. The predicted molar refractivity (Wildman–Crippen MR) is 80.9 cm³/mol. The van der Waals surface area contributed by atoms with E-state index in [2.05, 4.69) is 33.8 Å². The average Bonchev–Trinajstić information content (AvgIpc) is 2.37. The Balaban J connectivity index is 2.55. The summed E-state index contributed by atoms with van der Waals surface area (Å²) in [5, 5.41) is 11.3. The molecule has 1 atom stereocenters. The monoisotopic (exact) mass is 274 g/mol. The molecule has 2 heteroatoms. The van der Waals surface area contributed by atoms with E-state index in [0.29, 0.717) is 5.02 Å². The molecule has 0 aliphatic carbocycles. The van der Waals surface area contributed by atoms with Crippen LogP contribution in [0.3, 0.4) is 0 Å². The van der Waals surface area contributed by atoms with Crippen LogP contribution in [0.25, 0.3) is 0 Å². The lowest BCUT2D eigenvalue weighted by Crippen LogP contribution is -2.07. The molecule has 0 spiro atoms. The third-order valence-corrected chi connectivity index (χ3v) is 4.14. The zero-order chi connectivity index (χ0) is 14.2. The molecular formula is C17H19ClO. The molecule has 0 radical (unpaired) electrons. The van der Waals surface area contributed by atoms with Gasteiger partial charge < -0.3 is 5.11 Å². The van der Waals surface area contributed by atoms with Gasteiger partial charge in [-0.15, -0.1) is 0 Å². The lowest BCUT2D eigenvalue weighted by molar-refractivity contribution is 0.218. The van der Waals surface area contributed by atoms with Crippen LogP contribution in [-0.2, 0) is 0 Å². The second kappa shape index (κ2) is 5.36. The third-order valence-electron chi connectivity index (χ3n) is 3.88. The fraction of sp³-hybridized carbons (Fsp3) is 0.294. The Morgan fingerprint density at radius 3 is 1.84 bits per heavy atom. The first-order valence-electron chi connectivity index (χ1n) is 6.42. The van der Waals surface area contributed by atoms with Crippen LogP contribution in [0.5, 0.6) is 0 Å². The van der Waals surface area contributed by atoms with Crippen molar-refractivity contribution in [2.75, 3.05) is 0 Å². The lowest BCUT2D eigenvalue weighted by Gasteiger charge is -2.20. The van der Waals surface area contributed by atoms with Crippen LogP contribution in [0.4, 0.5) is 0 Å². The van der Waals surface area contributed by atoms with Crippen molar-refractivity contribution >= 4 is 11.6 Å². The summed E-state index contributed by atoms with van der Waals surface area (Å²) in [7, 11) is 0. The molecule has 0 saturated heterocycles. The number of hydrogen-bond donors (Lipinski definition) is 1. The van der Waals surface area contributed by atoms with Crippen LogP contribution in [0.15, 0.2) is 30.3 Å². The second-order valence-electron chi connectivity index (χ2n) is 5.13. The molecule has 2 aromatic carbocycles. The van der Waals surface area contributed by atoms with Crippen LogP contribution in [0.1, 0.15) is 39.5 Å². The molecule has 0 heterocycles. The zero-order valence-electron chi connectivity index (χ0n) is 11.8. The summed E-state index contributed by atoms with van der Waals surface area (Å²) in [6, 6.07) is 9.55. The minimum Gasteiger partial charge on any atom is -0.384 e. The van der Waals surface area contributed by atoms with Gasteiger partial charge in [0.25, 0.3) is 0 Å². The van der Waals surface area contributed by atoms with Gasteiger partial charge in [0.2, 0.25) is 0 Å². The molecule has 0 bridgehead atoms. The number of aliphatic hydroxyl groups excluding tert-OH is 1. The number of aryl methyl sites for hydroxylation is 2. The Labute approximate surface area is 119 Å². The minimum absolute atomic E-state index is 0.601. The third kappa shape index (κ3) is 2.68. The van der Waals surface area contributed by atoms with Crippen molar-refractivity contribution in [3.05, 3.63) is 68.7 Å². The van der Waals surface area contributed by atoms with Crippen molar-refractivity contribution < 1.29 is 5.11 Å². The van der Waals surface area contributed by atoms with Crippen LogP contribution < -0.4 is 0 Å². The van der Waals surface area contributed by atoms with Gasteiger partial charge in [0.15, 0.2) is 0 Å². The Kier molecular flexibility index (Phi) is 3.98. The van der Waals surface area contributed by atoms with Crippen LogP contribution in [0, 0.1) is 27.7 Å². The van der Waals surface area contributed by atoms with Gasteiger partial charge in [-0.1, -0.05) is 29.8 Å². The molecule has 19 heavy (non-hydrogen) atoms. The van der Waals surface area contributed by atoms with Crippen molar-refractivity contribution in [1.82, 2.24) is 0 Å². The first-order chi connectivity index (χ1) is 8.91. The van der Waals surface area contributed by atoms with Gasteiger partial charge in [-0.2, -0.15) is 0 Å². The molecule has 0 aromatic heterocycles. The first-order valence-corrected chi connectivity index (χ1v) is 6.80. The van der Waals surface area contributed by atoms with E-state index < -0.39 is 6.10 Å². The van der Waals surface area contributed by atoms with E-state index in [4.69, 9.17) is 11.6 Å². The molecule has 2 rings (SSSR count). The molecule has 1 unspecified atom stereocenters. The summed E-state index contributed by atoms with van der Waals surface area (Å²) in [6.45, 7) is 8.30. The highest BCUT2D eigenvalue weighted by molar-refractivity contribution is 6.30. The Bertz CT molecular complexity index is 573. The molecule has 0 aliphatic rings. The molecule has 0 aliphatic heterocycles. The number of hydrogen-bond acceptors (Lipinski definition) is 1. The Morgan fingerprint density at radius 2 is 1.37 bits per heavy atom. The van der Waals surface area contributed by atoms with Gasteiger partial charge in [-0.05, 0) is 73.2 Å². The largest absolute Gasteiger partial charge is 0.384 e. The van der Waals surface area contributed by atoms with Crippen LogP contribution in [-0.4, -0.2) is 5.11 Å². The molecule has 2 aromatic rings. The van der Waals surface area contributed by atoms with Gasteiger partial charge in [0, 0.05) is 5.02 Å². The molecule has 1 nitrogen and oxygen atoms in total. The van der Waals surface area contributed by atoms with Crippen molar-refractivity contribution in [2.24, 2.45) is 0 Å². The first kappa shape index (κ1) is 14.1. The highest BCUT2D eigenvalue weighted by Gasteiger charge is 2.18. The van der Waals surface area contributed by atoms with Crippen LogP contribution in [0.2, 0.25) is 5.02 Å².